The van der Waals surface area contributed by atoms with Crippen LogP contribution in [0.2, 0.25) is 0 Å². The Bertz CT molecular complexity index is 1050. The number of aryl methyl sites for hydroxylation is 1. The lowest BCUT2D eigenvalue weighted by Gasteiger charge is -2.18. The van der Waals surface area contributed by atoms with Gasteiger partial charge in [0, 0.05) is 23.6 Å². The van der Waals surface area contributed by atoms with Gasteiger partial charge >= 0.3 is 0 Å². The molecule has 0 bridgehead atoms. The molecule has 0 fully saturated rings. The van der Waals surface area contributed by atoms with Crippen LogP contribution in [0.4, 0.5) is 5.69 Å². The van der Waals surface area contributed by atoms with E-state index >= 15 is 0 Å². The molecule has 1 aromatic heterocycles. The van der Waals surface area contributed by atoms with E-state index in [1.165, 1.54) is 0 Å². The number of aromatic amines is 1. The molecular weight excluding hydrogens is 360 g/mol. The molecule has 0 radical (unpaired) electrons. The van der Waals surface area contributed by atoms with Crippen LogP contribution >= 0.6 is 0 Å². The average Bonchev–Trinajstić information content (AvgIpc) is 3.20. The largest absolute Gasteiger partial charge is 0.326 e. The molecule has 1 heterocycles. The number of nitrogens with zero attached hydrogens (tertiary/aromatic N) is 2. The van der Waals surface area contributed by atoms with Crippen LogP contribution in [0.5, 0.6) is 0 Å². The number of rotatable bonds is 6. The van der Waals surface area contributed by atoms with Crippen molar-refractivity contribution in [3.8, 4) is 11.4 Å². The van der Waals surface area contributed by atoms with Gasteiger partial charge in [-0.3, -0.25) is 9.89 Å². The molecule has 0 atom stereocenters. The van der Waals surface area contributed by atoms with Crippen LogP contribution in [-0.2, 0) is 4.79 Å². The van der Waals surface area contributed by atoms with Crippen molar-refractivity contribution in [3.63, 3.8) is 0 Å². The smallest absolute Gasteiger partial charge is 0.225 e. The Kier molecular flexibility index (Phi) is 5.47. The zero-order valence-electron chi connectivity index (χ0n) is 16.2. The zero-order valence-corrected chi connectivity index (χ0v) is 16.2. The Morgan fingerprint density at radius 1 is 0.931 bits per heavy atom. The van der Waals surface area contributed by atoms with Crippen molar-refractivity contribution < 1.29 is 4.79 Å². The second kappa shape index (κ2) is 8.52. The first kappa shape index (κ1) is 18.6. The van der Waals surface area contributed by atoms with Crippen LogP contribution in [0, 0.1) is 6.92 Å². The van der Waals surface area contributed by atoms with Gasteiger partial charge in [0.15, 0.2) is 5.82 Å². The van der Waals surface area contributed by atoms with Gasteiger partial charge in [-0.15, -0.1) is 0 Å². The molecule has 3 aromatic carbocycles. The van der Waals surface area contributed by atoms with Crippen LogP contribution in [0.15, 0.2) is 84.9 Å². The molecule has 1 amide bonds. The van der Waals surface area contributed by atoms with Gasteiger partial charge in [0.25, 0.3) is 0 Å². The standard InChI is InChI=1S/C24H22N4O/c1-17-25-24(28-27-17)20-13-8-14-21(15-20)26-23(29)16-22(18-9-4-2-5-10-18)19-11-6-3-7-12-19/h2-15,22H,16H2,1H3,(H,26,29)(H,25,27,28). The monoisotopic (exact) mass is 382 g/mol. The van der Waals surface area contributed by atoms with Crippen molar-refractivity contribution in [3.05, 3.63) is 102 Å². The summed E-state index contributed by atoms with van der Waals surface area (Å²) in [5.41, 5.74) is 3.84. The number of carbonyl (C=O) groups excluding carboxylic acids is 1. The first-order valence-electron chi connectivity index (χ1n) is 9.58. The van der Waals surface area contributed by atoms with E-state index in [1.54, 1.807) is 0 Å². The lowest BCUT2D eigenvalue weighted by Crippen LogP contribution is -2.16. The minimum absolute atomic E-state index is 0.00348. The third kappa shape index (κ3) is 4.58. The van der Waals surface area contributed by atoms with E-state index in [9.17, 15) is 4.79 Å². The number of carbonyl (C=O) groups is 1. The number of nitrogens with one attached hydrogen (secondary N) is 2. The maximum atomic E-state index is 12.9. The summed E-state index contributed by atoms with van der Waals surface area (Å²) in [5.74, 6) is 1.33. The Morgan fingerprint density at radius 3 is 2.17 bits per heavy atom. The summed E-state index contributed by atoms with van der Waals surface area (Å²) in [7, 11) is 0. The second-order valence-corrected chi connectivity index (χ2v) is 6.95. The average molecular weight is 382 g/mol. The molecule has 0 aliphatic heterocycles. The number of amides is 1. The highest BCUT2D eigenvalue weighted by Gasteiger charge is 2.18. The van der Waals surface area contributed by atoms with Crippen LogP contribution in [0.25, 0.3) is 11.4 Å². The molecule has 0 aliphatic carbocycles. The molecule has 0 spiro atoms. The Balaban J connectivity index is 1.53. The highest BCUT2D eigenvalue weighted by molar-refractivity contribution is 5.92. The van der Waals surface area contributed by atoms with Crippen molar-refractivity contribution in [1.82, 2.24) is 15.2 Å². The van der Waals surface area contributed by atoms with Gasteiger partial charge in [0.2, 0.25) is 5.91 Å². The number of H-pyrrole nitrogens is 1. The molecule has 5 nitrogen and oxygen atoms in total. The third-order valence-corrected chi connectivity index (χ3v) is 4.80. The van der Waals surface area contributed by atoms with Crippen LogP contribution in [0.1, 0.15) is 29.3 Å². The summed E-state index contributed by atoms with van der Waals surface area (Å²) in [6.45, 7) is 1.86. The van der Waals surface area contributed by atoms with Crippen molar-refractivity contribution in [1.29, 1.82) is 0 Å². The Hall–Kier alpha value is -3.73. The molecule has 4 rings (SSSR count). The summed E-state index contributed by atoms with van der Waals surface area (Å²) in [6, 6.07) is 27.8. The van der Waals surface area contributed by atoms with E-state index in [0.29, 0.717) is 12.2 Å². The predicted molar refractivity (Wildman–Crippen MR) is 115 cm³/mol. The molecule has 29 heavy (non-hydrogen) atoms. The van der Waals surface area contributed by atoms with Gasteiger partial charge in [0.1, 0.15) is 5.82 Å². The molecule has 0 unspecified atom stereocenters. The Labute approximate surface area is 169 Å². The fourth-order valence-corrected chi connectivity index (χ4v) is 3.40. The number of hydrogen-bond acceptors (Lipinski definition) is 3. The van der Waals surface area contributed by atoms with Crippen LogP contribution in [0.3, 0.4) is 0 Å². The number of benzene rings is 3. The minimum atomic E-state index is -0.0361. The van der Waals surface area contributed by atoms with Crippen LogP contribution in [-0.4, -0.2) is 21.1 Å². The van der Waals surface area contributed by atoms with Gasteiger partial charge in [-0.05, 0) is 30.2 Å². The maximum absolute atomic E-state index is 12.9. The van der Waals surface area contributed by atoms with E-state index in [2.05, 4.69) is 44.8 Å². The van der Waals surface area contributed by atoms with Crippen molar-refractivity contribution in [2.75, 3.05) is 5.32 Å². The number of anilines is 1. The molecule has 0 saturated carbocycles. The predicted octanol–water partition coefficient (Wildman–Crippen LogP) is 4.94. The molecule has 144 valence electrons. The summed E-state index contributed by atoms with van der Waals surface area (Å²) >= 11 is 0. The van der Waals surface area contributed by atoms with Gasteiger partial charge in [0.05, 0.1) is 0 Å². The fourth-order valence-electron chi connectivity index (χ4n) is 3.40. The minimum Gasteiger partial charge on any atom is -0.326 e. The lowest BCUT2D eigenvalue weighted by molar-refractivity contribution is -0.116. The molecule has 0 saturated heterocycles. The van der Waals surface area contributed by atoms with E-state index in [4.69, 9.17) is 0 Å². The fraction of sp³-hybridized carbons (Fsp3) is 0.125. The number of aromatic nitrogens is 3. The molecular formula is C24H22N4O. The lowest BCUT2D eigenvalue weighted by atomic mass is 9.88. The Morgan fingerprint density at radius 2 is 1.59 bits per heavy atom. The molecule has 2 N–H and O–H groups in total. The zero-order chi connectivity index (χ0) is 20.1. The molecule has 0 aliphatic rings. The summed E-state index contributed by atoms with van der Waals surface area (Å²) in [5, 5.41) is 10.1. The van der Waals surface area contributed by atoms with Crippen molar-refractivity contribution in [2.24, 2.45) is 0 Å². The van der Waals surface area contributed by atoms with Crippen molar-refractivity contribution in [2.45, 2.75) is 19.3 Å². The molecule has 4 aromatic rings. The summed E-state index contributed by atoms with van der Waals surface area (Å²) in [4.78, 5) is 17.2. The van der Waals surface area contributed by atoms with Gasteiger partial charge in [-0.2, -0.15) is 5.10 Å². The van der Waals surface area contributed by atoms with E-state index < -0.39 is 0 Å². The van der Waals surface area contributed by atoms with Gasteiger partial charge in [-0.25, -0.2) is 4.98 Å². The first-order chi connectivity index (χ1) is 14.2. The SMILES string of the molecule is Cc1nc(-c2cccc(NC(=O)CC(c3ccccc3)c3ccccc3)c2)n[nH]1. The van der Waals surface area contributed by atoms with Crippen LogP contribution < -0.4 is 5.32 Å². The van der Waals surface area contributed by atoms with E-state index in [0.717, 1.165) is 28.2 Å². The number of hydrogen-bond donors (Lipinski definition) is 2. The second-order valence-electron chi connectivity index (χ2n) is 6.95. The van der Waals surface area contributed by atoms with Crippen molar-refractivity contribution >= 4 is 11.6 Å². The highest BCUT2D eigenvalue weighted by atomic mass is 16.1. The summed E-state index contributed by atoms with van der Waals surface area (Å²) in [6.07, 6.45) is 0.359. The third-order valence-electron chi connectivity index (χ3n) is 4.80. The van der Waals surface area contributed by atoms with Gasteiger partial charge < -0.3 is 5.32 Å². The normalized spacial score (nSPS) is 10.8. The first-order valence-corrected chi connectivity index (χ1v) is 9.58. The topological polar surface area (TPSA) is 70.7 Å². The van der Waals surface area contributed by atoms with E-state index in [-0.39, 0.29) is 11.8 Å². The van der Waals surface area contributed by atoms with Gasteiger partial charge in [-0.1, -0.05) is 72.8 Å². The van der Waals surface area contributed by atoms with E-state index in [1.807, 2.05) is 67.6 Å². The molecule has 5 heteroatoms. The maximum Gasteiger partial charge on any atom is 0.225 e. The summed E-state index contributed by atoms with van der Waals surface area (Å²) < 4.78 is 0. The quantitative estimate of drug-likeness (QED) is 0.496. The highest BCUT2D eigenvalue weighted by Crippen LogP contribution is 2.28.